The molecule has 1 N–H and O–H groups in total. The Kier molecular flexibility index (Phi) is 1.88. The molecule has 1 nitrogen and oxygen atoms in total. The number of alkyl halides is 1. The van der Waals surface area contributed by atoms with Gasteiger partial charge in [0.1, 0.15) is 0 Å². The van der Waals surface area contributed by atoms with Gasteiger partial charge in [-0.25, -0.2) is 0 Å². The molecule has 2 aliphatic rings. The van der Waals surface area contributed by atoms with Crippen LogP contribution in [0.2, 0.25) is 0 Å². The highest BCUT2D eigenvalue weighted by Gasteiger charge is 2.35. The van der Waals surface area contributed by atoms with Crippen LogP contribution < -0.4 is 5.32 Å². The third kappa shape index (κ3) is 1.06. The Morgan fingerprint density at radius 2 is 2.00 bits per heavy atom. The first kappa shape index (κ1) is 6.93. The molecule has 0 aromatic heterocycles. The Labute approximate surface area is 67.1 Å². The predicted molar refractivity (Wildman–Crippen MR) is 43.1 cm³/mol. The van der Waals surface area contributed by atoms with Gasteiger partial charge in [0, 0.05) is 0 Å². The second-order valence-corrected chi connectivity index (χ2v) is 3.99. The van der Waals surface area contributed by atoms with Crippen LogP contribution in [-0.2, 0) is 0 Å². The lowest BCUT2D eigenvalue weighted by Crippen LogP contribution is -2.22. The molecule has 0 spiro atoms. The largest absolute Gasteiger partial charge is 0.301 e. The van der Waals surface area contributed by atoms with Gasteiger partial charge in [0.15, 0.2) is 0 Å². The summed E-state index contributed by atoms with van der Waals surface area (Å²) < 4.78 is 0. The van der Waals surface area contributed by atoms with E-state index < -0.39 is 0 Å². The molecule has 1 aliphatic heterocycles. The normalized spacial score (nSPS) is 47.1. The van der Waals surface area contributed by atoms with Crippen LogP contribution >= 0.6 is 11.6 Å². The van der Waals surface area contributed by atoms with Gasteiger partial charge in [0.2, 0.25) is 0 Å². The lowest BCUT2D eigenvalue weighted by Gasteiger charge is -2.25. The zero-order chi connectivity index (χ0) is 6.97. The average molecular weight is 160 g/mol. The number of fused-ring (bicyclic) bond motifs is 1. The Morgan fingerprint density at radius 1 is 1.20 bits per heavy atom. The van der Waals surface area contributed by atoms with Crippen molar-refractivity contribution in [2.24, 2.45) is 11.8 Å². The Morgan fingerprint density at radius 3 is 2.80 bits per heavy atom. The van der Waals surface area contributed by atoms with Gasteiger partial charge < -0.3 is 5.32 Å². The van der Waals surface area contributed by atoms with Crippen LogP contribution in [0, 0.1) is 11.8 Å². The lowest BCUT2D eigenvalue weighted by atomic mass is 9.82. The fourth-order valence-corrected chi connectivity index (χ4v) is 2.71. The molecular weight excluding hydrogens is 146 g/mol. The van der Waals surface area contributed by atoms with E-state index in [4.69, 9.17) is 11.6 Å². The first-order valence-electron chi connectivity index (χ1n) is 4.25. The summed E-state index contributed by atoms with van der Waals surface area (Å²) in [5.74, 6) is 1.69. The van der Waals surface area contributed by atoms with Crippen molar-refractivity contribution in [1.82, 2.24) is 5.32 Å². The first-order valence-corrected chi connectivity index (χ1v) is 4.69. The van der Waals surface area contributed by atoms with Crippen molar-refractivity contribution in [3.8, 4) is 0 Å². The summed E-state index contributed by atoms with van der Waals surface area (Å²) in [6.45, 7) is 1.17. The van der Waals surface area contributed by atoms with Gasteiger partial charge >= 0.3 is 0 Å². The number of nitrogens with one attached hydrogen (secondary N) is 1. The topological polar surface area (TPSA) is 12.0 Å². The highest BCUT2D eigenvalue weighted by atomic mass is 35.5. The molecule has 1 saturated heterocycles. The summed E-state index contributed by atoms with van der Waals surface area (Å²) in [7, 11) is 0. The number of hydrogen-bond acceptors (Lipinski definition) is 1. The molecule has 1 heterocycles. The zero-order valence-electron chi connectivity index (χ0n) is 6.15. The SMILES string of the molecule is ClC1NCC2CCCCC21. The van der Waals surface area contributed by atoms with Crippen molar-refractivity contribution < 1.29 is 0 Å². The minimum atomic E-state index is 0.283. The molecular formula is C8H14ClN. The predicted octanol–water partition coefficient (Wildman–Crippen LogP) is 1.96. The standard InChI is InChI=1S/C8H14ClN/c9-8-7-4-2-1-3-6(7)5-10-8/h6-8,10H,1-5H2. The van der Waals surface area contributed by atoms with Crippen LogP contribution in [0.1, 0.15) is 25.7 Å². The van der Waals surface area contributed by atoms with E-state index in [-0.39, 0.29) is 5.50 Å². The number of halogens is 1. The molecule has 2 heteroatoms. The fraction of sp³-hybridized carbons (Fsp3) is 1.00. The van der Waals surface area contributed by atoms with E-state index in [0.717, 1.165) is 11.8 Å². The van der Waals surface area contributed by atoms with Gasteiger partial charge in [-0.15, -0.1) is 11.6 Å². The van der Waals surface area contributed by atoms with Gasteiger partial charge in [-0.2, -0.15) is 0 Å². The Hall–Kier alpha value is 0.250. The van der Waals surface area contributed by atoms with Crippen LogP contribution in [0.25, 0.3) is 0 Å². The highest BCUT2D eigenvalue weighted by Crippen LogP contribution is 2.36. The van der Waals surface area contributed by atoms with E-state index in [1.165, 1.54) is 32.2 Å². The van der Waals surface area contributed by atoms with Gasteiger partial charge in [-0.05, 0) is 31.2 Å². The second-order valence-electron chi connectivity index (χ2n) is 3.52. The third-order valence-corrected chi connectivity index (χ3v) is 3.40. The van der Waals surface area contributed by atoms with Crippen LogP contribution in [0.5, 0.6) is 0 Å². The molecule has 3 atom stereocenters. The molecule has 2 fully saturated rings. The van der Waals surface area contributed by atoms with Crippen molar-refractivity contribution in [1.29, 1.82) is 0 Å². The minimum Gasteiger partial charge on any atom is -0.301 e. The second kappa shape index (κ2) is 2.71. The molecule has 1 saturated carbocycles. The lowest BCUT2D eigenvalue weighted by molar-refractivity contribution is 0.290. The quantitative estimate of drug-likeness (QED) is 0.421. The van der Waals surface area contributed by atoms with E-state index in [2.05, 4.69) is 5.32 Å². The summed E-state index contributed by atoms with van der Waals surface area (Å²) in [5, 5.41) is 3.33. The van der Waals surface area contributed by atoms with E-state index in [0.29, 0.717) is 0 Å². The number of hydrogen-bond donors (Lipinski definition) is 1. The van der Waals surface area contributed by atoms with Crippen molar-refractivity contribution >= 4 is 11.6 Å². The molecule has 0 aromatic carbocycles. The van der Waals surface area contributed by atoms with Crippen molar-refractivity contribution in [2.45, 2.75) is 31.2 Å². The molecule has 2 rings (SSSR count). The summed E-state index contributed by atoms with van der Waals surface area (Å²) in [6, 6.07) is 0. The molecule has 58 valence electrons. The molecule has 0 radical (unpaired) electrons. The van der Waals surface area contributed by atoms with Gasteiger partial charge in [0.05, 0.1) is 5.50 Å². The Bertz CT molecular complexity index is 124. The van der Waals surface area contributed by atoms with Crippen molar-refractivity contribution in [3.63, 3.8) is 0 Å². The molecule has 0 aromatic rings. The average Bonchev–Trinajstić information content (AvgIpc) is 2.34. The van der Waals surface area contributed by atoms with E-state index in [9.17, 15) is 0 Å². The summed E-state index contributed by atoms with van der Waals surface area (Å²) in [6.07, 6.45) is 5.57. The van der Waals surface area contributed by atoms with Crippen LogP contribution in [0.15, 0.2) is 0 Å². The molecule has 1 aliphatic carbocycles. The summed E-state index contributed by atoms with van der Waals surface area (Å²) in [5.41, 5.74) is 0.283. The fourth-order valence-electron chi connectivity index (χ4n) is 2.29. The van der Waals surface area contributed by atoms with Crippen molar-refractivity contribution in [3.05, 3.63) is 0 Å². The van der Waals surface area contributed by atoms with Crippen LogP contribution in [0.3, 0.4) is 0 Å². The van der Waals surface area contributed by atoms with Gasteiger partial charge in [-0.3, -0.25) is 0 Å². The zero-order valence-corrected chi connectivity index (χ0v) is 6.90. The van der Waals surface area contributed by atoms with Crippen LogP contribution in [0.4, 0.5) is 0 Å². The molecule has 10 heavy (non-hydrogen) atoms. The third-order valence-electron chi connectivity index (χ3n) is 2.92. The number of rotatable bonds is 0. The summed E-state index contributed by atoms with van der Waals surface area (Å²) >= 11 is 6.07. The maximum Gasteiger partial charge on any atom is 0.0857 e. The van der Waals surface area contributed by atoms with Gasteiger partial charge in [-0.1, -0.05) is 12.8 Å². The van der Waals surface area contributed by atoms with E-state index >= 15 is 0 Å². The maximum absolute atomic E-state index is 6.07. The summed E-state index contributed by atoms with van der Waals surface area (Å²) in [4.78, 5) is 0. The smallest absolute Gasteiger partial charge is 0.0857 e. The van der Waals surface area contributed by atoms with E-state index in [1.807, 2.05) is 0 Å². The maximum atomic E-state index is 6.07. The minimum absolute atomic E-state index is 0.283. The Balaban J connectivity index is 2.01. The first-order chi connectivity index (χ1) is 4.88. The molecule has 0 amide bonds. The van der Waals surface area contributed by atoms with Crippen molar-refractivity contribution in [2.75, 3.05) is 6.54 Å². The molecule has 3 unspecified atom stereocenters. The van der Waals surface area contributed by atoms with Gasteiger partial charge in [0.25, 0.3) is 0 Å². The van der Waals surface area contributed by atoms with E-state index in [1.54, 1.807) is 0 Å². The highest BCUT2D eigenvalue weighted by molar-refractivity contribution is 6.20. The monoisotopic (exact) mass is 159 g/mol. The molecule has 0 bridgehead atoms. The van der Waals surface area contributed by atoms with Crippen LogP contribution in [-0.4, -0.2) is 12.0 Å².